The van der Waals surface area contributed by atoms with Gasteiger partial charge in [-0.05, 0) is 12.1 Å². The Kier molecular flexibility index (Phi) is 2.73. The highest BCUT2D eigenvalue weighted by atomic mass is 16.2. The van der Waals surface area contributed by atoms with Crippen molar-refractivity contribution in [1.29, 1.82) is 0 Å². The largest absolute Gasteiger partial charge is 0.324 e. The van der Waals surface area contributed by atoms with E-state index in [4.69, 9.17) is 0 Å². The Balaban J connectivity index is 1.94. The van der Waals surface area contributed by atoms with Crippen molar-refractivity contribution in [2.45, 2.75) is 6.54 Å². The molecule has 15 heavy (non-hydrogen) atoms. The Morgan fingerprint density at radius 2 is 2.13 bits per heavy atom. The topological polar surface area (TPSA) is 59.8 Å². The summed E-state index contributed by atoms with van der Waals surface area (Å²) in [6.45, 7) is 0.175. The Bertz CT molecular complexity index is 424. The summed E-state index contributed by atoms with van der Waals surface area (Å²) in [6.07, 6.45) is 2.90. The van der Waals surface area contributed by atoms with E-state index in [0.29, 0.717) is 0 Å². The maximum Gasteiger partial charge on any atom is 0.246 e. The third-order valence-electron chi connectivity index (χ3n) is 1.83. The van der Waals surface area contributed by atoms with Gasteiger partial charge in [0.2, 0.25) is 5.91 Å². The summed E-state index contributed by atoms with van der Waals surface area (Å²) in [4.78, 5) is 15.2. The monoisotopic (exact) mass is 202 g/mol. The van der Waals surface area contributed by atoms with E-state index in [0.717, 1.165) is 5.69 Å². The van der Waals surface area contributed by atoms with Crippen LogP contribution in [0.25, 0.3) is 0 Å². The zero-order chi connectivity index (χ0) is 10.5. The molecule has 0 fully saturated rings. The van der Waals surface area contributed by atoms with E-state index in [1.54, 1.807) is 0 Å². The number of anilines is 1. The number of carbonyl (C=O) groups is 1. The molecular formula is C10H10N4O. The number of benzene rings is 1. The van der Waals surface area contributed by atoms with Gasteiger partial charge < -0.3 is 5.32 Å². The molecule has 0 bridgehead atoms. The molecule has 0 aliphatic rings. The molecule has 0 aliphatic carbocycles. The minimum Gasteiger partial charge on any atom is -0.324 e. The van der Waals surface area contributed by atoms with Gasteiger partial charge in [-0.25, -0.2) is 9.67 Å². The number of carbonyl (C=O) groups excluding carboxylic acids is 1. The van der Waals surface area contributed by atoms with E-state index in [-0.39, 0.29) is 12.5 Å². The average Bonchev–Trinajstić information content (AvgIpc) is 2.71. The van der Waals surface area contributed by atoms with Crippen LogP contribution in [-0.2, 0) is 11.3 Å². The second kappa shape index (κ2) is 4.36. The fourth-order valence-corrected chi connectivity index (χ4v) is 1.18. The maximum atomic E-state index is 11.5. The standard InChI is InChI=1S/C10H10N4O/c15-10(6-14-8-11-7-12-14)13-9-4-2-1-3-5-9/h1-5,7-8H,6H2,(H,13,15). The third-order valence-corrected chi connectivity index (χ3v) is 1.83. The number of nitrogens with zero attached hydrogens (tertiary/aromatic N) is 3. The lowest BCUT2D eigenvalue weighted by Gasteiger charge is -2.03. The van der Waals surface area contributed by atoms with Gasteiger partial charge in [-0.2, -0.15) is 5.10 Å². The highest BCUT2D eigenvalue weighted by molar-refractivity contribution is 5.90. The van der Waals surface area contributed by atoms with Crippen LogP contribution >= 0.6 is 0 Å². The van der Waals surface area contributed by atoms with E-state index >= 15 is 0 Å². The highest BCUT2D eigenvalue weighted by Gasteiger charge is 2.02. The number of aromatic nitrogens is 3. The number of amides is 1. The van der Waals surface area contributed by atoms with Gasteiger partial charge in [0.05, 0.1) is 0 Å². The summed E-state index contributed by atoms with van der Waals surface area (Å²) in [7, 11) is 0. The second-order valence-corrected chi connectivity index (χ2v) is 3.01. The van der Waals surface area contributed by atoms with Gasteiger partial charge in [0.15, 0.2) is 0 Å². The van der Waals surface area contributed by atoms with Crippen LogP contribution in [-0.4, -0.2) is 20.7 Å². The van der Waals surface area contributed by atoms with Crippen LogP contribution in [0.2, 0.25) is 0 Å². The molecule has 5 nitrogen and oxygen atoms in total. The van der Waals surface area contributed by atoms with Crippen molar-refractivity contribution in [2.75, 3.05) is 5.32 Å². The van der Waals surface area contributed by atoms with E-state index < -0.39 is 0 Å². The molecule has 1 amide bonds. The van der Waals surface area contributed by atoms with Crippen LogP contribution in [0.1, 0.15) is 0 Å². The summed E-state index contributed by atoms with van der Waals surface area (Å²) < 4.78 is 1.47. The smallest absolute Gasteiger partial charge is 0.246 e. The zero-order valence-electron chi connectivity index (χ0n) is 8.00. The molecule has 2 aromatic rings. The molecule has 1 heterocycles. The van der Waals surface area contributed by atoms with Crippen LogP contribution in [0.15, 0.2) is 43.0 Å². The molecule has 2 rings (SSSR count). The first-order valence-corrected chi connectivity index (χ1v) is 4.52. The van der Waals surface area contributed by atoms with Crippen molar-refractivity contribution >= 4 is 11.6 Å². The van der Waals surface area contributed by atoms with Crippen molar-refractivity contribution in [1.82, 2.24) is 14.8 Å². The number of hydrogen-bond acceptors (Lipinski definition) is 3. The lowest BCUT2D eigenvalue weighted by molar-refractivity contribution is -0.116. The second-order valence-electron chi connectivity index (χ2n) is 3.01. The third kappa shape index (κ3) is 2.63. The number of hydrogen-bond donors (Lipinski definition) is 1. The van der Waals surface area contributed by atoms with Crippen molar-refractivity contribution in [3.8, 4) is 0 Å². The Morgan fingerprint density at radius 3 is 2.80 bits per heavy atom. The van der Waals surface area contributed by atoms with Crippen molar-refractivity contribution in [3.63, 3.8) is 0 Å². The van der Waals surface area contributed by atoms with Crippen LogP contribution in [0, 0.1) is 0 Å². The summed E-state index contributed by atoms with van der Waals surface area (Å²) in [5.41, 5.74) is 0.780. The molecule has 76 valence electrons. The molecule has 0 spiro atoms. The Hall–Kier alpha value is -2.17. The Labute approximate surface area is 86.8 Å². The van der Waals surface area contributed by atoms with E-state index in [2.05, 4.69) is 15.4 Å². The zero-order valence-corrected chi connectivity index (χ0v) is 8.00. The van der Waals surface area contributed by atoms with E-state index in [1.807, 2.05) is 30.3 Å². The summed E-state index contributed by atoms with van der Waals surface area (Å²) >= 11 is 0. The normalized spacial score (nSPS) is 9.87. The summed E-state index contributed by atoms with van der Waals surface area (Å²) in [5.74, 6) is -0.119. The van der Waals surface area contributed by atoms with Gasteiger partial charge in [0.25, 0.3) is 0 Å². The first-order valence-electron chi connectivity index (χ1n) is 4.52. The summed E-state index contributed by atoms with van der Waals surface area (Å²) in [6, 6.07) is 9.29. The van der Waals surface area contributed by atoms with Gasteiger partial charge in [-0.15, -0.1) is 0 Å². The lowest BCUT2D eigenvalue weighted by Crippen LogP contribution is -2.18. The molecule has 1 aromatic heterocycles. The number of para-hydroxylation sites is 1. The Morgan fingerprint density at radius 1 is 1.33 bits per heavy atom. The number of nitrogens with one attached hydrogen (secondary N) is 1. The fraction of sp³-hybridized carbons (Fsp3) is 0.100. The number of rotatable bonds is 3. The minimum atomic E-state index is -0.119. The van der Waals surface area contributed by atoms with Gasteiger partial charge in [0.1, 0.15) is 19.2 Å². The molecule has 0 aliphatic heterocycles. The molecule has 1 aromatic carbocycles. The average molecular weight is 202 g/mol. The lowest BCUT2D eigenvalue weighted by atomic mass is 10.3. The molecule has 0 radical (unpaired) electrons. The SMILES string of the molecule is O=C(Cn1cncn1)Nc1ccccc1. The summed E-state index contributed by atoms with van der Waals surface area (Å²) in [5, 5.41) is 6.60. The van der Waals surface area contributed by atoms with Crippen molar-refractivity contribution in [3.05, 3.63) is 43.0 Å². The van der Waals surface area contributed by atoms with Crippen molar-refractivity contribution < 1.29 is 4.79 Å². The van der Waals surface area contributed by atoms with Gasteiger partial charge in [-0.1, -0.05) is 18.2 Å². The molecule has 1 N–H and O–H groups in total. The fourth-order valence-electron chi connectivity index (χ4n) is 1.18. The van der Waals surface area contributed by atoms with Crippen LogP contribution < -0.4 is 5.32 Å². The molecule has 0 unspecified atom stereocenters. The molecular weight excluding hydrogens is 192 g/mol. The van der Waals surface area contributed by atoms with Crippen LogP contribution in [0.5, 0.6) is 0 Å². The van der Waals surface area contributed by atoms with Crippen molar-refractivity contribution in [2.24, 2.45) is 0 Å². The van der Waals surface area contributed by atoms with Crippen LogP contribution in [0.3, 0.4) is 0 Å². The quantitative estimate of drug-likeness (QED) is 0.805. The van der Waals surface area contributed by atoms with E-state index in [1.165, 1.54) is 17.3 Å². The predicted octanol–water partition coefficient (Wildman–Crippen LogP) is 0.917. The maximum absolute atomic E-state index is 11.5. The van der Waals surface area contributed by atoms with Gasteiger partial charge in [-0.3, -0.25) is 4.79 Å². The molecule has 0 atom stereocenters. The van der Waals surface area contributed by atoms with Crippen LogP contribution in [0.4, 0.5) is 5.69 Å². The van der Waals surface area contributed by atoms with Gasteiger partial charge >= 0.3 is 0 Å². The first kappa shape index (κ1) is 9.39. The first-order chi connectivity index (χ1) is 7.34. The highest BCUT2D eigenvalue weighted by Crippen LogP contribution is 2.04. The molecule has 0 saturated carbocycles. The minimum absolute atomic E-state index is 0.119. The predicted molar refractivity (Wildman–Crippen MR) is 55.1 cm³/mol. The van der Waals surface area contributed by atoms with E-state index in [9.17, 15) is 4.79 Å². The van der Waals surface area contributed by atoms with Gasteiger partial charge in [0, 0.05) is 5.69 Å². The molecule has 0 saturated heterocycles. The molecule has 5 heteroatoms.